The van der Waals surface area contributed by atoms with E-state index in [0.29, 0.717) is 0 Å². The average Bonchev–Trinajstić information content (AvgIpc) is 2.41. The van der Waals surface area contributed by atoms with Gasteiger partial charge in [-0.3, -0.25) is 14.4 Å². The summed E-state index contributed by atoms with van der Waals surface area (Å²) >= 11 is 0. The number of nitrogens with zero attached hydrogens (tertiary/aromatic N) is 1. The molecule has 4 N–H and O–H groups in total. The second kappa shape index (κ2) is 8.64. The predicted octanol–water partition coefficient (Wildman–Crippen LogP) is -2.69. The number of carboxylic acids is 1. The molecule has 20 heavy (non-hydrogen) atoms. The van der Waals surface area contributed by atoms with Crippen LogP contribution in [0.25, 0.3) is 0 Å². The Morgan fingerprint density at radius 1 is 1.25 bits per heavy atom. The van der Waals surface area contributed by atoms with Crippen molar-refractivity contribution >= 4 is 23.7 Å². The van der Waals surface area contributed by atoms with Crippen molar-refractivity contribution in [3.8, 4) is 0 Å². The lowest BCUT2D eigenvalue weighted by atomic mass is 10.3. The van der Waals surface area contributed by atoms with Gasteiger partial charge in [-0.1, -0.05) is 6.58 Å². The van der Waals surface area contributed by atoms with Crippen molar-refractivity contribution in [1.82, 2.24) is 15.5 Å². The summed E-state index contributed by atoms with van der Waals surface area (Å²) in [5.41, 5.74) is 0. The standard InChI is InChI=1S/C11H17N3O6/c1-3-8(16)12-4-9(17)13-5-10(18)14(2)7(6-15)11(19)20/h3,7,15H,1,4-6H2,2H3,(H,12,16)(H,13,17)(H,19,20). The Hall–Kier alpha value is -2.42. The van der Waals surface area contributed by atoms with Gasteiger partial charge in [0.1, 0.15) is 0 Å². The third-order valence-electron chi connectivity index (χ3n) is 2.36. The molecule has 0 aromatic rings. The summed E-state index contributed by atoms with van der Waals surface area (Å²) in [5.74, 6) is -3.18. The third kappa shape index (κ3) is 5.96. The fourth-order valence-electron chi connectivity index (χ4n) is 1.14. The van der Waals surface area contributed by atoms with Gasteiger partial charge in [-0.15, -0.1) is 0 Å². The number of amides is 3. The Morgan fingerprint density at radius 3 is 2.30 bits per heavy atom. The smallest absolute Gasteiger partial charge is 0.328 e. The van der Waals surface area contributed by atoms with Gasteiger partial charge in [-0.2, -0.15) is 0 Å². The first-order chi connectivity index (χ1) is 9.33. The van der Waals surface area contributed by atoms with Crippen LogP contribution in [-0.2, 0) is 19.2 Å². The molecule has 9 heteroatoms. The first kappa shape index (κ1) is 17.6. The number of rotatable bonds is 8. The van der Waals surface area contributed by atoms with Gasteiger partial charge in [0.05, 0.1) is 19.7 Å². The molecule has 0 saturated carbocycles. The maximum atomic E-state index is 11.6. The lowest BCUT2D eigenvalue weighted by Crippen LogP contribution is -2.49. The molecular weight excluding hydrogens is 270 g/mol. The van der Waals surface area contributed by atoms with Crippen LogP contribution in [-0.4, -0.2) is 71.6 Å². The highest BCUT2D eigenvalue weighted by molar-refractivity contribution is 5.92. The molecule has 9 nitrogen and oxygen atoms in total. The van der Waals surface area contributed by atoms with Gasteiger partial charge in [0, 0.05) is 7.05 Å². The maximum Gasteiger partial charge on any atom is 0.328 e. The van der Waals surface area contributed by atoms with Crippen LogP contribution < -0.4 is 10.6 Å². The number of likely N-dealkylation sites (N-methyl/N-ethyl adjacent to an activating group) is 1. The Kier molecular flexibility index (Phi) is 7.60. The molecule has 0 bridgehead atoms. The van der Waals surface area contributed by atoms with Gasteiger partial charge in [0.2, 0.25) is 17.7 Å². The van der Waals surface area contributed by atoms with Crippen molar-refractivity contribution in [3.05, 3.63) is 12.7 Å². The van der Waals surface area contributed by atoms with Crippen molar-refractivity contribution in [2.24, 2.45) is 0 Å². The first-order valence-electron chi connectivity index (χ1n) is 5.59. The van der Waals surface area contributed by atoms with Crippen molar-refractivity contribution in [3.63, 3.8) is 0 Å². The third-order valence-corrected chi connectivity index (χ3v) is 2.36. The topological polar surface area (TPSA) is 136 Å². The highest BCUT2D eigenvalue weighted by Gasteiger charge is 2.25. The number of nitrogens with one attached hydrogen (secondary N) is 2. The summed E-state index contributed by atoms with van der Waals surface area (Å²) in [5, 5.41) is 22.0. The predicted molar refractivity (Wildman–Crippen MR) is 67.5 cm³/mol. The molecule has 0 fully saturated rings. The minimum Gasteiger partial charge on any atom is -0.480 e. The largest absolute Gasteiger partial charge is 0.480 e. The number of aliphatic carboxylic acids is 1. The minimum absolute atomic E-state index is 0.329. The second-order valence-electron chi connectivity index (χ2n) is 3.74. The molecule has 0 heterocycles. The molecule has 0 aliphatic heterocycles. The van der Waals surface area contributed by atoms with Crippen molar-refractivity contribution in [2.45, 2.75) is 6.04 Å². The molecule has 1 atom stereocenters. The molecule has 1 unspecified atom stereocenters. The van der Waals surface area contributed by atoms with Crippen molar-refractivity contribution in [2.75, 3.05) is 26.7 Å². The summed E-state index contributed by atoms with van der Waals surface area (Å²) in [6.07, 6.45) is 0.991. The maximum absolute atomic E-state index is 11.6. The summed E-state index contributed by atoms with van der Waals surface area (Å²) in [4.78, 5) is 45.2. The van der Waals surface area contributed by atoms with Gasteiger partial charge in [0.15, 0.2) is 6.04 Å². The van der Waals surface area contributed by atoms with Gasteiger partial charge >= 0.3 is 5.97 Å². The van der Waals surface area contributed by atoms with Crippen LogP contribution in [0.1, 0.15) is 0 Å². The lowest BCUT2D eigenvalue weighted by molar-refractivity contribution is -0.150. The van der Waals surface area contributed by atoms with E-state index < -0.39 is 42.9 Å². The minimum atomic E-state index is -1.38. The summed E-state index contributed by atoms with van der Waals surface area (Å²) in [6, 6.07) is -1.38. The second-order valence-corrected chi connectivity index (χ2v) is 3.74. The van der Waals surface area contributed by atoms with Crippen LogP contribution in [0.4, 0.5) is 0 Å². The van der Waals surface area contributed by atoms with E-state index >= 15 is 0 Å². The van der Waals surface area contributed by atoms with E-state index in [1.807, 2.05) is 0 Å². The van der Waals surface area contributed by atoms with E-state index in [1.165, 1.54) is 7.05 Å². The first-order valence-corrected chi connectivity index (χ1v) is 5.59. The number of hydrogen-bond donors (Lipinski definition) is 4. The quantitative estimate of drug-likeness (QED) is 0.359. The van der Waals surface area contributed by atoms with E-state index in [2.05, 4.69) is 17.2 Å². The Morgan fingerprint density at radius 2 is 1.85 bits per heavy atom. The molecule has 0 aliphatic rings. The molecule has 0 aliphatic carbocycles. The van der Waals surface area contributed by atoms with Crippen molar-refractivity contribution in [1.29, 1.82) is 0 Å². The highest BCUT2D eigenvalue weighted by atomic mass is 16.4. The highest BCUT2D eigenvalue weighted by Crippen LogP contribution is 1.96. The van der Waals surface area contributed by atoms with Crippen LogP contribution in [0.5, 0.6) is 0 Å². The average molecular weight is 287 g/mol. The van der Waals surface area contributed by atoms with Crippen LogP contribution in [0.3, 0.4) is 0 Å². The Labute approximate surface area is 115 Å². The summed E-state index contributed by atoms with van der Waals surface area (Å²) in [6.45, 7) is 1.69. The summed E-state index contributed by atoms with van der Waals surface area (Å²) < 4.78 is 0. The normalized spacial score (nSPS) is 11.1. The number of carbonyl (C=O) groups excluding carboxylic acids is 3. The molecule has 0 radical (unpaired) electrons. The molecule has 0 saturated heterocycles. The number of carboxylic acid groups (broad SMARTS) is 1. The fourth-order valence-corrected chi connectivity index (χ4v) is 1.14. The Bertz CT molecular complexity index is 409. The van der Waals surface area contributed by atoms with E-state index in [0.717, 1.165) is 11.0 Å². The number of aliphatic hydroxyl groups excluding tert-OH is 1. The van der Waals surface area contributed by atoms with Gasteiger partial charge in [-0.25, -0.2) is 4.79 Å². The van der Waals surface area contributed by atoms with E-state index in [-0.39, 0.29) is 6.54 Å². The lowest BCUT2D eigenvalue weighted by Gasteiger charge is -2.23. The van der Waals surface area contributed by atoms with Crippen LogP contribution >= 0.6 is 0 Å². The molecule has 0 aromatic carbocycles. The molecule has 0 aromatic heterocycles. The van der Waals surface area contributed by atoms with Gasteiger partial charge in [0.25, 0.3) is 0 Å². The number of hydrogen-bond acceptors (Lipinski definition) is 5. The van der Waals surface area contributed by atoms with Crippen molar-refractivity contribution < 1.29 is 29.4 Å². The van der Waals surface area contributed by atoms with Crippen LogP contribution in [0.2, 0.25) is 0 Å². The molecule has 0 rings (SSSR count). The molecular formula is C11H17N3O6. The van der Waals surface area contributed by atoms with E-state index in [1.54, 1.807) is 0 Å². The zero-order chi connectivity index (χ0) is 15.7. The molecule has 3 amide bonds. The number of carbonyl (C=O) groups is 4. The van der Waals surface area contributed by atoms with E-state index in [4.69, 9.17) is 10.2 Å². The van der Waals surface area contributed by atoms with Crippen LogP contribution in [0, 0.1) is 0 Å². The monoisotopic (exact) mass is 287 g/mol. The fraction of sp³-hybridized carbons (Fsp3) is 0.455. The molecule has 112 valence electrons. The molecule has 0 spiro atoms. The zero-order valence-corrected chi connectivity index (χ0v) is 11.0. The van der Waals surface area contributed by atoms with Gasteiger partial charge < -0.3 is 25.7 Å². The zero-order valence-electron chi connectivity index (χ0n) is 11.0. The van der Waals surface area contributed by atoms with Gasteiger partial charge in [-0.05, 0) is 6.08 Å². The number of aliphatic hydroxyl groups is 1. The SMILES string of the molecule is C=CC(=O)NCC(=O)NCC(=O)N(C)C(CO)C(=O)O. The van der Waals surface area contributed by atoms with E-state index in [9.17, 15) is 19.2 Å². The Balaban J connectivity index is 4.21. The van der Waals surface area contributed by atoms with Crippen LogP contribution in [0.15, 0.2) is 12.7 Å². The summed E-state index contributed by atoms with van der Waals surface area (Å²) in [7, 11) is 1.20.